The van der Waals surface area contributed by atoms with Crippen LogP contribution in [0.15, 0.2) is 0 Å². The van der Waals surface area contributed by atoms with Crippen LogP contribution >= 0.6 is 0 Å². The van der Waals surface area contributed by atoms with Gasteiger partial charge in [-0.1, -0.05) is 13.8 Å². The Balaban J connectivity index is 2.58. The lowest BCUT2D eigenvalue weighted by molar-refractivity contribution is 0.0400. The maximum atomic E-state index is 10.7. The van der Waals surface area contributed by atoms with E-state index in [1.165, 1.54) is 0 Å². The van der Waals surface area contributed by atoms with Gasteiger partial charge in [-0.15, -0.1) is 0 Å². The predicted octanol–water partition coefficient (Wildman–Crippen LogP) is 1.71. The summed E-state index contributed by atoms with van der Waals surface area (Å²) in [4.78, 5) is 21.4. The second kappa shape index (κ2) is 3.64. The first-order valence-corrected chi connectivity index (χ1v) is 4.01. The zero-order valence-electron chi connectivity index (χ0n) is 7.66. The van der Waals surface area contributed by atoms with Crippen LogP contribution in [0.5, 0.6) is 0 Å². The predicted molar refractivity (Wildman–Crippen MR) is 42.2 cm³/mol. The molecule has 0 radical (unpaired) electrons. The van der Waals surface area contributed by atoms with E-state index in [-0.39, 0.29) is 18.6 Å². The summed E-state index contributed by atoms with van der Waals surface area (Å²) in [5, 5.41) is 0. The number of cyclic esters (lactones) is 4. The number of rotatable bonds is 0. The van der Waals surface area contributed by atoms with Crippen molar-refractivity contribution >= 4 is 12.3 Å². The molecule has 1 aliphatic heterocycles. The lowest BCUT2D eigenvalue weighted by atomic mass is 9.91. The van der Waals surface area contributed by atoms with Crippen molar-refractivity contribution in [1.29, 1.82) is 0 Å². The number of ether oxygens (including phenoxy) is 3. The third-order valence-electron chi connectivity index (χ3n) is 1.75. The average Bonchev–Trinajstić information content (AvgIpc) is 2.04. The van der Waals surface area contributed by atoms with E-state index in [1.807, 2.05) is 13.8 Å². The number of hydrogen-bond acceptors (Lipinski definition) is 5. The van der Waals surface area contributed by atoms with Gasteiger partial charge in [0.2, 0.25) is 0 Å². The van der Waals surface area contributed by atoms with Crippen LogP contribution in [0.4, 0.5) is 9.59 Å². The maximum absolute atomic E-state index is 10.7. The molecule has 0 bridgehead atoms. The van der Waals surface area contributed by atoms with Crippen molar-refractivity contribution in [1.82, 2.24) is 0 Å². The summed E-state index contributed by atoms with van der Waals surface area (Å²) < 4.78 is 13.4. The van der Waals surface area contributed by atoms with Gasteiger partial charge in [0.25, 0.3) is 0 Å². The van der Waals surface area contributed by atoms with Gasteiger partial charge in [0, 0.05) is 5.41 Å². The Morgan fingerprint density at radius 1 is 1.15 bits per heavy atom. The molecule has 0 unspecified atom stereocenters. The molecular weight excluding hydrogens is 176 g/mol. The molecule has 1 fully saturated rings. The highest BCUT2D eigenvalue weighted by Crippen LogP contribution is 2.21. The SMILES string of the molecule is CC1(C)CCOC(=O)OC(=O)OC1. The minimum Gasteiger partial charge on any atom is -0.434 e. The highest BCUT2D eigenvalue weighted by atomic mass is 16.8. The Morgan fingerprint density at radius 2 is 1.77 bits per heavy atom. The summed E-state index contributed by atoms with van der Waals surface area (Å²) in [5.74, 6) is 0. The molecule has 0 N–H and O–H groups in total. The van der Waals surface area contributed by atoms with Gasteiger partial charge < -0.3 is 14.2 Å². The van der Waals surface area contributed by atoms with Gasteiger partial charge >= 0.3 is 12.3 Å². The van der Waals surface area contributed by atoms with Gasteiger partial charge in [-0.25, -0.2) is 9.59 Å². The molecule has 0 aromatic rings. The van der Waals surface area contributed by atoms with E-state index in [1.54, 1.807) is 0 Å². The molecule has 0 saturated carbocycles. The van der Waals surface area contributed by atoms with Crippen molar-refractivity contribution in [3.63, 3.8) is 0 Å². The molecule has 0 spiro atoms. The van der Waals surface area contributed by atoms with Gasteiger partial charge in [-0.2, -0.15) is 0 Å². The Labute approximate surface area is 76.0 Å². The van der Waals surface area contributed by atoms with Crippen LogP contribution < -0.4 is 0 Å². The zero-order valence-corrected chi connectivity index (χ0v) is 7.66. The lowest BCUT2D eigenvalue weighted by Gasteiger charge is -2.21. The molecule has 5 heteroatoms. The summed E-state index contributed by atoms with van der Waals surface area (Å²) in [6.07, 6.45) is -1.36. The minimum atomic E-state index is -1.00. The smallest absolute Gasteiger partial charge is 0.434 e. The molecule has 0 atom stereocenters. The van der Waals surface area contributed by atoms with E-state index in [9.17, 15) is 9.59 Å². The second-order valence-electron chi connectivity index (χ2n) is 3.65. The van der Waals surface area contributed by atoms with Gasteiger partial charge in [-0.05, 0) is 6.42 Å². The maximum Gasteiger partial charge on any atom is 0.518 e. The standard InChI is InChI=1S/C8H12O5/c1-8(2)3-4-11-6(9)13-7(10)12-5-8/h3-5H2,1-2H3. The van der Waals surface area contributed by atoms with Gasteiger partial charge in [0.05, 0.1) is 6.61 Å². The monoisotopic (exact) mass is 188 g/mol. The average molecular weight is 188 g/mol. The van der Waals surface area contributed by atoms with E-state index in [4.69, 9.17) is 0 Å². The quantitative estimate of drug-likeness (QED) is 0.427. The molecule has 0 amide bonds. The molecule has 1 aliphatic rings. The van der Waals surface area contributed by atoms with Crippen LogP contribution in [-0.2, 0) is 14.2 Å². The molecule has 0 aliphatic carbocycles. The molecule has 1 heterocycles. The minimum absolute atomic E-state index is 0.191. The van der Waals surface area contributed by atoms with Crippen molar-refractivity contribution in [2.75, 3.05) is 13.2 Å². The highest BCUT2D eigenvalue weighted by Gasteiger charge is 2.25. The normalized spacial score (nSPS) is 22.9. The summed E-state index contributed by atoms with van der Waals surface area (Å²) >= 11 is 0. The van der Waals surface area contributed by atoms with Gasteiger partial charge in [0.1, 0.15) is 6.61 Å². The topological polar surface area (TPSA) is 61.8 Å². The molecule has 5 nitrogen and oxygen atoms in total. The van der Waals surface area contributed by atoms with E-state index in [0.717, 1.165) is 0 Å². The van der Waals surface area contributed by atoms with E-state index >= 15 is 0 Å². The third kappa shape index (κ3) is 3.31. The fourth-order valence-electron chi connectivity index (χ4n) is 0.864. The molecule has 74 valence electrons. The summed E-state index contributed by atoms with van der Waals surface area (Å²) in [5.41, 5.74) is -0.191. The number of carbonyl (C=O) groups excluding carboxylic acids is 2. The van der Waals surface area contributed by atoms with Crippen molar-refractivity contribution in [2.45, 2.75) is 20.3 Å². The number of carbonyl (C=O) groups is 2. The number of hydrogen-bond donors (Lipinski definition) is 0. The third-order valence-corrected chi connectivity index (χ3v) is 1.75. The molecule has 0 aromatic carbocycles. The van der Waals surface area contributed by atoms with Crippen molar-refractivity contribution in [2.24, 2.45) is 5.41 Å². The Bertz CT molecular complexity index is 221. The summed E-state index contributed by atoms with van der Waals surface area (Å²) in [7, 11) is 0. The van der Waals surface area contributed by atoms with E-state index in [2.05, 4.69) is 14.2 Å². The highest BCUT2D eigenvalue weighted by molar-refractivity contribution is 5.76. The summed E-state index contributed by atoms with van der Waals surface area (Å²) in [6.45, 7) is 4.30. The van der Waals surface area contributed by atoms with Crippen molar-refractivity contribution in [3.05, 3.63) is 0 Å². The lowest BCUT2D eigenvalue weighted by Crippen LogP contribution is -2.21. The van der Waals surface area contributed by atoms with Crippen molar-refractivity contribution < 1.29 is 23.8 Å². The Hall–Kier alpha value is -1.26. The van der Waals surface area contributed by atoms with Crippen LogP contribution in [0, 0.1) is 5.41 Å². The fraction of sp³-hybridized carbons (Fsp3) is 0.750. The molecule has 1 saturated heterocycles. The summed E-state index contributed by atoms with van der Waals surface area (Å²) in [6, 6.07) is 0. The Morgan fingerprint density at radius 3 is 2.46 bits per heavy atom. The van der Waals surface area contributed by atoms with Crippen LogP contribution in [-0.4, -0.2) is 25.5 Å². The largest absolute Gasteiger partial charge is 0.518 e. The molecule has 1 rings (SSSR count). The fourth-order valence-corrected chi connectivity index (χ4v) is 0.864. The first-order chi connectivity index (χ1) is 5.99. The van der Waals surface area contributed by atoms with Crippen molar-refractivity contribution in [3.8, 4) is 0 Å². The first-order valence-electron chi connectivity index (χ1n) is 4.01. The van der Waals surface area contributed by atoms with Crippen LogP contribution in [0.3, 0.4) is 0 Å². The molecular formula is C8H12O5. The molecule has 0 aromatic heterocycles. The first kappa shape index (κ1) is 9.83. The van der Waals surface area contributed by atoms with E-state index < -0.39 is 12.3 Å². The van der Waals surface area contributed by atoms with E-state index in [0.29, 0.717) is 6.42 Å². The van der Waals surface area contributed by atoms with Crippen LogP contribution in [0.25, 0.3) is 0 Å². The van der Waals surface area contributed by atoms with Crippen LogP contribution in [0.1, 0.15) is 20.3 Å². The van der Waals surface area contributed by atoms with Gasteiger partial charge in [0.15, 0.2) is 0 Å². The molecule has 13 heavy (non-hydrogen) atoms. The van der Waals surface area contributed by atoms with Crippen LogP contribution in [0.2, 0.25) is 0 Å². The zero-order chi connectivity index (χ0) is 9.90. The Kier molecular flexibility index (Phi) is 2.75. The second-order valence-corrected chi connectivity index (χ2v) is 3.65. The van der Waals surface area contributed by atoms with Gasteiger partial charge in [-0.3, -0.25) is 0 Å².